The van der Waals surface area contributed by atoms with Crippen molar-refractivity contribution in [2.75, 3.05) is 31.1 Å². The molecule has 6 rings (SSSR count). The quantitative estimate of drug-likeness (QED) is 0.412. The average Bonchev–Trinajstić information content (AvgIpc) is 3.64. The van der Waals surface area contributed by atoms with E-state index in [1.807, 2.05) is 4.90 Å². The molecule has 1 aliphatic rings. The number of H-pyrrole nitrogens is 1. The van der Waals surface area contributed by atoms with E-state index in [0.29, 0.717) is 60.3 Å². The lowest BCUT2D eigenvalue weighted by Gasteiger charge is -2.33. The van der Waals surface area contributed by atoms with Gasteiger partial charge in [-0.15, -0.1) is 5.10 Å². The van der Waals surface area contributed by atoms with E-state index in [1.165, 1.54) is 27.7 Å². The number of benzene rings is 1. The van der Waals surface area contributed by atoms with E-state index in [1.54, 1.807) is 48.4 Å². The zero-order valence-electron chi connectivity index (χ0n) is 19.3. The smallest absolute Gasteiger partial charge is 0.297 e. The largest absolute Gasteiger partial charge is 0.423 e. The number of aromatic nitrogens is 6. The molecule has 0 bridgehead atoms. The molecule has 12 heteroatoms. The Labute approximate surface area is 203 Å². The summed E-state index contributed by atoms with van der Waals surface area (Å²) in [6.45, 7) is 3.68. The highest BCUT2D eigenvalue weighted by Gasteiger charge is 2.27. The van der Waals surface area contributed by atoms with Crippen LogP contribution in [0, 0.1) is 12.7 Å². The van der Waals surface area contributed by atoms with Crippen molar-refractivity contribution in [1.29, 1.82) is 0 Å². The van der Waals surface area contributed by atoms with Crippen molar-refractivity contribution in [3.05, 3.63) is 82.4 Å². The lowest BCUT2D eigenvalue weighted by Crippen LogP contribution is -2.49. The predicted octanol–water partition coefficient (Wildman–Crippen LogP) is 2.27. The lowest BCUT2D eigenvalue weighted by molar-refractivity contribution is 0.0744. The number of carbonyl (C=O) groups is 1. The van der Waals surface area contributed by atoms with Crippen molar-refractivity contribution < 1.29 is 13.6 Å². The van der Waals surface area contributed by atoms with Gasteiger partial charge in [0, 0.05) is 32.4 Å². The van der Waals surface area contributed by atoms with Crippen LogP contribution in [0.3, 0.4) is 0 Å². The van der Waals surface area contributed by atoms with Gasteiger partial charge in [-0.2, -0.15) is 5.10 Å². The molecule has 1 aromatic carbocycles. The molecule has 4 aromatic heterocycles. The molecule has 0 aliphatic carbocycles. The summed E-state index contributed by atoms with van der Waals surface area (Å²) in [6, 6.07) is 10.2. The van der Waals surface area contributed by atoms with Crippen molar-refractivity contribution >= 4 is 17.4 Å². The molecule has 1 fully saturated rings. The summed E-state index contributed by atoms with van der Waals surface area (Å²) in [4.78, 5) is 36.2. The van der Waals surface area contributed by atoms with Crippen LogP contribution in [0.5, 0.6) is 0 Å². The molecule has 0 spiro atoms. The second kappa shape index (κ2) is 8.48. The van der Waals surface area contributed by atoms with Crippen LogP contribution in [-0.4, -0.2) is 66.3 Å². The van der Waals surface area contributed by atoms with Gasteiger partial charge < -0.3 is 14.2 Å². The minimum Gasteiger partial charge on any atom is -0.423 e. The van der Waals surface area contributed by atoms with Crippen LogP contribution in [0.1, 0.15) is 16.1 Å². The number of fused-ring (bicyclic) bond motifs is 1. The average molecular weight is 488 g/mol. The molecule has 0 unspecified atom stereocenters. The summed E-state index contributed by atoms with van der Waals surface area (Å²) in [5, 5.41) is 8.67. The number of piperazine rings is 1. The van der Waals surface area contributed by atoms with E-state index >= 15 is 0 Å². The fraction of sp³-hybridized carbons (Fsp3) is 0.208. The number of nitrogens with one attached hydrogen (secondary N) is 1. The van der Waals surface area contributed by atoms with E-state index in [0.717, 1.165) is 0 Å². The summed E-state index contributed by atoms with van der Waals surface area (Å²) >= 11 is 0. The van der Waals surface area contributed by atoms with E-state index in [9.17, 15) is 14.0 Å². The standard InChI is InChI=1S/C24H21FN8O3/c1-15-17(13-27-33(15)23-28-21(34)19-7-4-8-32(19)29-23)22(35)30-9-11-31(12-10-30)24-26-14-20(36-24)16-5-2-3-6-18(16)25/h2-8,13-14H,9-12H2,1H3,(H,28,29,34). The molecule has 36 heavy (non-hydrogen) atoms. The Morgan fingerprint density at radius 1 is 1.08 bits per heavy atom. The van der Waals surface area contributed by atoms with Crippen molar-refractivity contribution in [3.8, 4) is 17.3 Å². The number of rotatable bonds is 4. The second-order valence-corrected chi connectivity index (χ2v) is 8.44. The highest BCUT2D eigenvalue weighted by Crippen LogP contribution is 2.27. The van der Waals surface area contributed by atoms with Crippen LogP contribution in [0.2, 0.25) is 0 Å². The number of hydrogen-bond acceptors (Lipinski definition) is 7. The van der Waals surface area contributed by atoms with Gasteiger partial charge in [-0.05, 0) is 31.2 Å². The maximum atomic E-state index is 14.1. The van der Waals surface area contributed by atoms with Gasteiger partial charge in [-0.3, -0.25) is 14.6 Å². The third-order valence-electron chi connectivity index (χ3n) is 6.30. The molecule has 1 aliphatic heterocycles. The normalized spacial score (nSPS) is 14.1. The Kier molecular flexibility index (Phi) is 5.13. The number of carbonyl (C=O) groups excluding carboxylic acids is 1. The van der Waals surface area contributed by atoms with E-state index < -0.39 is 0 Å². The monoisotopic (exact) mass is 488 g/mol. The molecule has 1 N–H and O–H groups in total. The number of anilines is 1. The first-order valence-electron chi connectivity index (χ1n) is 11.4. The minimum absolute atomic E-state index is 0.165. The number of nitrogens with zero attached hydrogens (tertiary/aromatic N) is 7. The van der Waals surface area contributed by atoms with Gasteiger partial charge in [-0.25, -0.2) is 18.6 Å². The van der Waals surface area contributed by atoms with E-state index in [4.69, 9.17) is 4.42 Å². The van der Waals surface area contributed by atoms with E-state index in [-0.39, 0.29) is 23.2 Å². The van der Waals surface area contributed by atoms with Gasteiger partial charge in [0.15, 0.2) is 5.76 Å². The van der Waals surface area contributed by atoms with Crippen LogP contribution >= 0.6 is 0 Å². The third kappa shape index (κ3) is 3.63. The zero-order chi connectivity index (χ0) is 24.8. The Balaban J connectivity index is 1.16. The molecule has 5 aromatic rings. The minimum atomic E-state index is -0.376. The Hall–Kier alpha value is -4.74. The fourth-order valence-electron chi connectivity index (χ4n) is 4.33. The molecule has 1 amide bonds. The maximum Gasteiger partial charge on any atom is 0.297 e. The fourth-order valence-corrected chi connectivity index (χ4v) is 4.33. The van der Waals surface area contributed by atoms with Gasteiger partial charge >= 0.3 is 0 Å². The summed E-state index contributed by atoms with van der Waals surface area (Å²) < 4.78 is 22.8. The maximum absolute atomic E-state index is 14.1. The van der Waals surface area contributed by atoms with Crippen LogP contribution in [-0.2, 0) is 0 Å². The number of hydrogen-bond donors (Lipinski definition) is 1. The van der Waals surface area contributed by atoms with Gasteiger partial charge in [-0.1, -0.05) is 12.1 Å². The molecular weight excluding hydrogens is 467 g/mol. The second-order valence-electron chi connectivity index (χ2n) is 8.44. The number of amides is 1. The highest BCUT2D eigenvalue weighted by atomic mass is 19.1. The summed E-state index contributed by atoms with van der Waals surface area (Å²) in [7, 11) is 0. The first-order valence-corrected chi connectivity index (χ1v) is 11.4. The van der Waals surface area contributed by atoms with Crippen molar-refractivity contribution in [2.24, 2.45) is 0 Å². The zero-order valence-corrected chi connectivity index (χ0v) is 19.3. The molecule has 0 atom stereocenters. The van der Waals surface area contributed by atoms with Gasteiger partial charge in [0.25, 0.3) is 17.5 Å². The summed E-state index contributed by atoms with van der Waals surface area (Å²) in [6.07, 6.45) is 4.66. The van der Waals surface area contributed by atoms with Gasteiger partial charge in [0.1, 0.15) is 11.3 Å². The SMILES string of the molecule is Cc1c(C(=O)N2CCN(c3ncc(-c4ccccc4F)o3)CC2)cnn1-c1nn2cccc2c(=O)[nH]1. The number of aromatic amines is 1. The molecule has 11 nitrogen and oxygen atoms in total. The van der Waals surface area contributed by atoms with Gasteiger partial charge in [0.05, 0.1) is 29.2 Å². The topological polar surface area (TPSA) is 118 Å². The van der Waals surface area contributed by atoms with Crippen LogP contribution in [0.25, 0.3) is 22.8 Å². The van der Waals surface area contributed by atoms with Crippen molar-refractivity contribution in [2.45, 2.75) is 6.92 Å². The van der Waals surface area contributed by atoms with Crippen molar-refractivity contribution in [1.82, 2.24) is 34.3 Å². The van der Waals surface area contributed by atoms with Crippen LogP contribution < -0.4 is 10.5 Å². The molecule has 5 heterocycles. The molecule has 0 saturated carbocycles. The first-order chi connectivity index (χ1) is 17.5. The highest BCUT2D eigenvalue weighted by molar-refractivity contribution is 5.95. The van der Waals surface area contributed by atoms with Crippen LogP contribution in [0.4, 0.5) is 10.4 Å². The Bertz CT molecular complexity index is 1640. The molecule has 1 saturated heterocycles. The Morgan fingerprint density at radius 3 is 2.69 bits per heavy atom. The number of oxazole rings is 1. The van der Waals surface area contributed by atoms with E-state index in [2.05, 4.69) is 20.2 Å². The van der Waals surface area contributed by atoms with Crippen LogP contribution in [0.15, 0.2) is 64.2 Å². The molecule has 0 radical (unpaired) electrons. The summed E-state index contributed by atoms with van der Waals surface area (Å²) in [5.41, 5.74) is 1.47. The first kappa shape index (κ1) is 21.8. The molecular formula is C24H21FN8O3. The summed E-state index contributed by atoms with van der Waals surface area (Å²) in [5.74, 6) is 0.0374. The van der Waals surface area contributed by atoms with Gasteiger partial charge in [0.2, 0.25) is 5.95 Å². The molecule has 182 valence electrons. The lowest BCUT2D eigenvalue weighted by atomic mass is 10.2. The Morgan fingerprint density at radius 2 is 1.89 bits per heavy atom. The predicted molar refractivity (Wildman–Crippen MR) is 128 cm³/mol. The third-order valence-corrected chi connectivity index (χ3v) is 6.30. The number of halogens is 1. The van der Waals surface area contributed by atoms with Crippen molar-refractivity contribution in [3.63, 3.8) is 0 Å².